The van der Waals surface area contributed by atoms with E-state index in [0.29, 0.717) is 18.4 Å². The first-order chi connectivity index (χ1) is 20.4. The number of allylic oxidation sites excluding steroid dienone is 1. The molecule has 0 saturated carbocycles. The molecule has 9 heteroatoms. The molecule has 3 unspecified atom stereocenters. The molecule has 1 aliphatic heterocycles. The number of aryl methyl sites for hydroxylation is 1. The summed E-state index contributed by atoms with van der Waals surface area (Å²) in [5, 5.41) is 2.96. The van der Waals surface area contributed by atoms with Gasteiger partial charge in [-0.1, -0.05) is 75.7 Å². The van der Waals surface area contributed by atoms with E-state index in [9.17, 15) is 22.8 Å². The molecule has 2 aromatic carbocycles. The Morgan fingerprint density at radius 2 is 1.86 bits per heavy atom. The van der Waals surface area contributed by atoms with E-state index in [1.54, 1.807) is 12.1 Å². The van der Waals surface area contributed by atoms with E-state index in [1.165, 1.54) is 16.5 Å². The minimum atomic E-state index is -4.40. The average Bonchev–Trinajstić information content (AvgIpc) is 3.30. The molecule has 2 aromatic rings. The number of amides is 2. The Balaban J connectivity index is 0.00000207. The fraction of sp³-hybridized carbons (Fsp3) is 0.500. The Labute approximate surface area is 252 Å². The minimum Gasteiger partial charge on any atom is -0.369 e. The second kappa shape index (κ2) is 12.9. The van der Waals surface area contributed by atoms with Crippen molar-refractivity contribution in [3.05, 3.63) is 75.9 Å². The number of fused-ring (bicyclic) bond motifs is 2. The summed E-state index contributed by atoms with van der Waals surface area (Å²) in [5.41, 5.74) is 11.3. The van der Waals surface area contributed by atoms with E-state index in [-0.39, 0.29) is 47.8 Å². The minimum absolute atomic E-state index is 0.0122. The smallest absolute Gasteiger partial charge is 0.369 e. The summed E-state index contributed by atoms with van der Waals surface area (Å²) in [7, 11) is 0. The standard InChI is InChI=1S/C32H37F3N4O2.C2H6/c1-19-8-11-23-25(12-19)28(15-26(23)32(33,34)35)39-29(41)14-22(38-30(39)36)7-5-4-6-20-9-10-21-16-31(2,3)17-27(37-18-40)24(21)13-20;1-2/h4,6,8-13,18,22,26-28H,5,7,14-17H2,1-3H3,(H2,36,38)(H,37,40);1-2H3/b6-4-;/t22?,26?,27?,28-;/m1./s1. The fourth-order valence-corrected chi connectivity index (χ4v) is 6.75. The van der Waals surface area contributed by atoms with Crippen LogP contribution in [0.2, 0.25) is 0 Å². The van der Waals surface area contributed by atoms with Crippen LogP contribution in [0.4, 0.5) is 13.2 Å². The van der Waals surface area contributed by atoms with Crippen LogP contribution in [0.1, 0.15) is 111 Å². The molecule has 2 amide bonds. The third-order valence-electron chi connectivity index (χ3n) is 8.60. The summed E-state index contributed by atoms with van der Waals surface area (Å²) in [5.74, 6) is -1.94. The highest BCUT2D eigenvalue weighted by Gasteiger charge is 2.50. The first-order valence-corrected chi connectivity index (χ1v) is 15.2. The van der Waals surface area contributed by atoms with Crippen molar-refractivity contribution in [1.29, 1.82) is 0 Å². The number of carbonyl (C=O) groups excluding carboxylic acids is 2. The van der Waals surface area contributed by atoms with Crippen molar-refractivity contribution in [2.24, 2.45) is 16.1 Å². The van der Waals surface area contributed by atoms with E-state index in [4.69, 9.17) is 5.73 Å². The first kappa shape index (κ1) is 32.3. The zero-order valence-corrected chi connectivity index (χ0v) is 25.7. The second-order valence-corrected chi connectivity index (χ2v) is 12.4. The van der Waals surface area contributed by atoms with Gasteiger partial charge in [-0.3, -0.25) is 14.5 Å². The van der Waals surface area contributed by atoms with Gasteiger partial charge in [0.25, 0.3) is 0 Å². The van der Waals surface area contributed by atoms with E-state index < -0.39 is 18.1 Å². The SMILES string of the molecule is CC.Cc1ccc2c(c1)[C@H](N1C(=O)CC(CC/C=C\c3ccc4c(c3)C(NC=O)CC(C)(C)C4)N=C1N)CC2C(F)(F)F. The number of carbonyl (C=O) groups is 2. The third kappa shape index (κ3) is 7.13. The Morgan fingerprint density at radius 1 is 1.12 bits per heavy atom. The van der Waals surface area contributed by atoms with Crippen molar-refractivity contribution in [3.8, 4) is 0 Å². The van der Waals surface area contributed by atoms with E-state index in [2.05, 4.69) is 42.4 Å². The van der Waals surface area contributed by atoms with Gasteiger partial charge in [0.15, 0.2) is 5.96 Å². The van der Waals surface area contributed by atoms with Crippen molar-refractivity contribution in [2.75, 3.05) is 0 Å². The number of rotatable bonds is 7. The summed E-state index contributed by atoms with van der Waals surface area (Å²) < 4.78 is 41.4. The Bertz CT molecular complexity index is 1400. The molecule has 0 saturated heterocycles. The van der Waals surface area contributed by atoms with Gasteiger partial charge in [0, 0.05) is 6.42 Å². The Morgan fingerprint density at radius 3 is 2.53 bits per heavy atom. The summed E-state index contributed by atoms with van der Waals surface area (Å²) >= 11 is 0. The molecular formula is C34H43F3N4O2. The lowest BCUT2D eigenvalue weighted by Crippen LogP contribution is -2.48. The highest BCUT2D eigenvalue weighted by atomic mass is 19.4. The van der Waals surface area contributed by atoms with E-state index >= 15 is 0 Å². The van der Waals surface area contributed by atoms with Gasteiger partial charge in [-0.05, 0) is 78.3 Å². The highest BCUT2D eigenvalue weighted by Crippen LogP contribution is 2.51. The van der Waals surface area contributed by atoms with Gasteiger partial charge in [0.2, 0.25) is 12.3 Å². The number of guanidine groups is 1. The lowest BCUT2D eigenvalue weighted by Gasteiger charge is -2.37. The second-order valence-electron chi connectivity index (χ2n) is 12.4. The lowest BCUT2D eigenvalue weighted by molar-refractivity contribution is -0.153. The number of nitrogens with two attached hydrogens (primary N) is 1. The molecule has 43 heavy (non-hydrogen) atoms. The number of hydrogen-bond donors (Lipinski definition) is 2. The molecule has 0 bridgehead atoms. The maximum atomic E-state index is 13.8. The van der Waals surface area contributed by atoms with Crippen molar-refractivity contribution >= 4 is 24.4 Å². The number of hydrogen-bond acceptors (Lipinski definition) is 4. The molecule has 0 fully saturated rings. The van der Waals surface area contributed by atoms with Gasteiger partial charge in [-0.2, -0.15) is 13.2 Å². The Kier molecular flexibility index (Phi) is 9.72. The van der Waals surface area contributed by atoms with Crippen LogP contribution in [0.5, 0.6) is 0 Å². The zero-order chi connectivity index (χ0) is 31.5. The van der Waals surface area contributed by atoms with E-state index in [0.717, 1.165) is 35.9 Å². The number of aliphatic imine (C=N–C) groups is 1. The molecule has 3 aliphatic rings. The van der Waals surface area contributed by atoms with Crippen molar-refractivity contribution in [3.63, 3.8) is 0 Å². The molecule has 1 heterocycles. The number of nitrogens with one attached hydrogen (secondary N) is 1. The molecule has 3 N–H and O–H groups in total. The van der Waals surface area contributed by atoms with E-state index in [1.807, 2.05) is 32.9 Å². The highest BCUT2D eigenvalue weighted by molar-refractivity contribution is 5.99. The quantitative estimate of drug-likeness (QED) is 0.329. The molecule has 0 spiro atoms. The average molecular weight is 597 g/mol. The third-order valence-corrected chi connectivity index (χ3v) is 8.60. The van der Waals surface area contributed by atoms with Gasteiger partial charge in [0.05, 0.1) is 24.0 Å². The van der Waals surface area contributed by atoms with Gasteiger partial charge in [0.1, 0.15) is 0 Å². The summed E-state index contributed by atoms with van der Waals surface area (Å²) in [6.07, 6.45) is 3.36. The maximum absolute atomic E-state index is 13.8. The number of halogens is 3. The van der Waals surface area contributed by atoms with Crippen LogP contribution in [0.15, 0.2) is 47.5 Å². The van der Waals surface area contributed by atoms with Gasteiger partial charge in [-0.25, -0.2) is 4.99 Å². The predicted molar refractivity (Wildman–Crippen MR) is 164 cm³/mol. The molecular weight excluding hydrogens is 553 g/mol. The van der Waals surface area contributed by atoms with Crippen LogP contribution >= 0.6 is 0 Å². The van der Waals surface area contributed by atoms with Crippen LogP contribution in [0.25, 0.3) is 6.08 Å². The number of benzene rings is 2. The van der Waals surface area contributed by atoms with Gasteiger partial charge >= 0.3 is 6.18 Å². The topological polar surface area (TPSA) is 87.8 Å². The molecule has 232 valence electrons. The number of nitrogens with zero attached hydrogens (tertiary/aromatic N) is 2. The van der Waals surface area contributed by atoms with Crippen LogP contribution in [0.3, 0.4) is 0 Å². The normalized spacial score (nSPS) is 24.5. The van der Waals surface area contributed by atoms with Crippen LogP contribution in [-0.4, -0.2) is 35.4 Å². The molecule has 0 radical (unpaired) electrons. The van der Waals surface area contributed by atoms with Crippen LogP contribution in [-0.2, 0) is 16.0 Å². The Hall–Kier alpha value is -3.62. The zero-order valence-electron chi connectivity index (χ0n) is 25.7. The maximum Gasteiger partial charge on any atom is 0.395 e. The molecule has 2 aliphatic carbocycles. The van der Waals surface area contributed by atoms with Crippen molar-refractivity contribution in [2.45, 2.75) is 103 Å². The lowest BCUT2D eigenvalue weighted by atomic mass is 9.71. The molecule has 0 aromatic heterocycles. The molecule has 6 nitrogen and oxygen atoms in total. The monoisotopic (exact) mass is 596 g/mol. The predicted octanol–water partition coefficient (Wildman–Crippen LogP) is 7.28. The van der Waals surface area contributed by atoms with Crippen LogP contribution < -0.4 is 11.1 Å². The van der Waals surface area contributed by atoms with Gasteiger partial charge < -0.3 is 11.1 Å². The molecule has 4 atom stereocenters. The first-order valence-electron chi connectivity index (χ1n) is 15.2. The summed E-state index contributed by atoms with van der Waals surface area (Å²) in [6, 6.07) is 10.1. The number of alkyl halides is 3. The summed E-state index contributed by atoms with van der Waals surface area (Å²) in [6.45, 7) is 10.2. The summed E-state index contributed by atoms with van der Waals surface area (Å²) in [4.78, 5) is 30.2. The van der Waals surface area contributed by atoms with Crippen molar-refractivity contribution in [1.82, 2.24) is 10.2 Å². The van der Waals surface area contributed by atoms with Gasteiger partial charge in [-0.15, -0.1) is 0 Å². The molecule has 5 rings (SSSR count). The largest absolute Gasteiger partial charge is 0.395 e. The van der Waals surface area contributed by atoms with Crippen LogP contribution in [0, 0.1) is 12.3 Å². The van der Waals surface area contributed by atoms with Crippen molar-refractivity contribution < 1.29 is 22.8 Å². The fourth-order valence-electron chi connectivity index (χ4n) is 6.75.